The smallest absolute Gasteiger partial charge is 0.0311 e. The Balaban J connectivity index is -0.0000000286. The second-order valence-electron chi connectivity index (χ2n) is 0.408. The summed E-state index contributed by atoms with van der Waals surface area (Å²) in [6.07, 6.45) is 1.47. The highest BCUT2D eigenvalue weighted by atomic mass is 35.5. The topological polar surface area (TPSA) is 153 Å². The van der Waals surface area contributed by atoms with Crippen molar-refractivity contribution < 1.29 is 17.5 Å². The lowest BCUT2D eigenvalue weighted by molar-refractivity contribution is 0.352. The van der Waals surface area contributed by atoms with Gasteiger partial charge in [-0.25, -0.2) is 0 Å². The third kappa shape index (κ3) is 46700. The Labute approximate surface area is 59.0 Å². The molecule has 8 N–H and O–H groups in total. The first kappa shape index (κ1) is 23.0. The van der Waals surface area contributed by atoms with E-state index >= 15 is 0 Å². The van der Waals surface area contributed by atoms with Crippen molar-refractivity contribution in [2.24, 2.45) is 0 Å². The van der Waals surface area contributed by atoms with E-state index in [1.165, 1.54) is 6.38 Å². The third-order valence-electron chi connectivity index (χ3n) is 0. The predicted molar refractivity (Wildman–Crippen MR) is 34.2 cm³/mol. The van der Waals surface area contributed by atoms with Gasteiger partial charge in [-0.3, -0.25) is 8.42 Å². The summed E-state index contributed by atoms with van der Waals surface area (Å²) in [5, 5.41) is 0. The van der Waals surface area contributed by atoms with Gasteiger partial charge in [0.2, 0.25) is 0 Å². The van der Waals surface area contributed by atoms with Gasteiger partial charge < -0.3 is 21.4 Å². The van der Waals surface area contributed by atoms with Crippen molar-refractivity contribution in [1.29, 1.82) is 0 Å². The number of hydrogen-bond donors (Lipinski definition) is 2. The van der Waals surface area contributed by atoms with E-state index < -0.39 is 10.4 Å². The van der Waals surface area contributed by atoms with Crippen LogP contribution in [0.15, 0.2) is 0 Å². The molecule has 0 aromatic carbocycles. The summed E-state index contributed by atoms with van der Waals surface area (Å²) in [5.74, 6) is 0. The van der Waals surface area contributed by atoms with Gasteiger partial charge in [0.1, 0.15) is 0 Å². The monoisotopic (exact) mass is 182 g/mol. The van der Waals surface area contributed by atoms with Crippen LogP contribution in [-0.2, 0) is 10.4 Å². The largest absolute Gasteiger partial charge is 0.759 e. The number of halogens is 1. The van der Waals surface area contributed by atoms with E-state index in [-0.39, 0.29) is 12.3 Å². The first-order valence-electron chi connectivity index (χ1n) is 1.04. The van der Waals surface area contributed by atoms with Crippen LogP contribution in [0, 0.1) is 0 Å². The molecule has 0 atom stereocenters. The van der Waals surface area contributed by atoms with E-state index in [0.717, 1.165) is 0 Å². The summed E-state index contributed by atoms with van der Waals surface area (Å²) in [5.41, 5.74) is 0. The first-order valence-corrected chi connectivity index (χ1v) is 3.13. The molecule has 0 aliphatic carbocycles. The molecule has 0 aromatic rings. The minimum Gasteiger partial charge on any atom is -0.759 e. The Kier molecular flexibility index (Phi) is 28.0. The summed E-state index contributed by atoms with van der Waals surface area (Å²) in [4.78, 5) is 0. The zero-order valence-electron chi connectivity index (χ0n) is 5.42. The Morgan fingerprint density at radius 3 is 1.11 bits per heavy atom. The zero-order valence-corrected chi connectivity index (χ0v) is 6.99. The van der Waals surface area contributed by atoms with Crippen molar-refractivity contribution in [2.75, 3.05) is 6.38 Å². The van der Waals surface area contributed by atoms with Gasteiger partial charge in [0.25, 0.3) is 0 Å². The Bertz CT molecular complexity index is 102. The van der Waals surface area contributed by atoms with E-state index in [1.54, 1.807) is 0 Å². The first-order chi connectivity index (χ1) is 3.00. The third-order valence-corrected chi connectivity index (χ3v) is 0. The molecule has 0 saturated carbocycles. The summed E-state index contributed by atoms with van der Waals surface area (Å²) in [6, 6.07) is 0. The van der Waals surface area contributed by atoms with Gasteiger partial charge >= 0.3 is 0 Å². The van der Waals surface area contributed by atoms with Crippen molar-refractivity contribution in [1.82, 2.24) is 12.3 Å². The summed E-state index contributed by atoms with van der Waals surface area (Å²) in [7, 11) is -5.17. The summed E-state index contributed by atoms with van der Waals surface area (Å²) in [6.45, 7) is 0. The number of hydrogen-bond acceptors (Lipinski definition) is 4. The molecular weight excluding hydrogens is 172 g/mol. The molecule has 0 radical (unpaired) electrons. The second kappa shape index (κ2) is 11.0. The van der Waals surface area contributed by atoms with E-state index in [0.29, 0.717) is 0 Å². The fraction of sp³-hybridized carbons (Fsp3) is 1.00. The zero-order chi connectivity index (χ0) is 6.50. The molecule has 0 aromatic heterocycles. The van der Waals surface area contributed by atoms with Crippen LogP contribution < -0.4 is 12.3 Å². The SMILES string of the molecule is CCl.O=S(=O)([O-])[O-].[NH4+].[NH4+]. The summed E-state index contributed by atoms with van der Waals surface area (Å²) < 4.78 is 34.1. The van der Waals surface area contributed by atoms with E-state index in [4.69, 9.17) is 17.5 Å². The van der Waals surface area contributed by atoms with Gasteiger partial charge in [-0.15, -0.1) is 11.6 Å². The van der Waals surface area contributed by atoms with Crippen LogP contribution in [0.3, 0.4) is 0 Å². The molecule has 0 rings (SSSR count). The molecule has 0 fully saturated rings. The van der Waals surface area contributed by atoms with E-state index in [1.807, 2.05) is 0 Å². The van der Waals surface area contributed by atoms with Crippen molar-refractivity contribution >= 4 is 22.0 Å². The molecule has 9 heavy (non-hydrogen) atoms. The molecule has 0 aliphatic heterocycles. The van der Waals surface area contributed by atoms with E-state index in [2.05, 4.69) is 11.6 Å². The molecule has 0 heterocycles. The van der Waals surface area contributed by atoms with Gasteiger partial charge in [0, 0.05) is 16.8 Å². The van der Waals surface area contributed by atoms with Crippen LogP contribution in [0.25, 0.3) is 0 Å². The van der Waals surface area contributed by atoms with Crippen LogP contribution in [0.4, 0.5) is 0 Å². The van der Waals surface area contributed by atoms with Crippen LogP contribution >= 0.6 is 11.6 Å². The average molecular weight is 183 g/mol. The normalized spacial score (nSPS) is 7.11. The number of alkyl halides is 1. The fourth-order valence-corrected chi connectivity index (χ4v) is 0. The van der Waals surface area contributed by atoms with Crippen LogP contribution in [0.5, 0.6) is 0 Å². The van der Waals surface area contributed by atoms with Crippen LogP contribution in [0.2, 0.25) is 0 Å². The Morgan fingerprint density at radius 2 is 1.11 bits per heavy atom. The summed E-state index contributed by atoms with van der Waals surface area (Å²) >= 11 is 4.64. The van der Waals surface area contributed by atoms with Crippen LogP contribution in [0.1, 0.15) is 0 Å². The quantitative estimate of drug-likeness (QED) is 0.313. The lowest BCUT2D eigenvalue weighted by Crippen LogP contribution is -1.91. The molecule has 8 heteroatoms. The van der Waals surface area contributed by atoms with Crippen molar-refractivity contribution in [3.8, 4) is 0 Å². The standard InChI is InChI=1S/CH3Cl.2H3N.H2O4S/c1-2;;;1-5(2,3)4/h1H3;2*1H3;(H2,1,2,3,4). The maximum atomic E-state index is 8.52. The highest BCUT2D eigenvalue weighted by Gasteiger charge is 1.49. The molecule has 6 nitrogen and oxygen atoms in total. The number of rotatable bonds is 0. The molecule has 62 valence electrons. The molecule has 0 aliphatic rings. The Morgan fingerprint density at radius 1 is 1.11 bits per heavy atom. The molecule has 0 amide bonds. The highest BCUT2D eigenvalue weighted by molar-refractivity contribution is 7.79. The van der Waals surface area contributed by atoms with E-state index in [9.17, 15) is 0 Å². The highest BCUT2D eigenvalue weighted by Crippen LogP contribution is 1.57. The molecule has 0 spiro atoms. The van der Waals surface area contributed by atoms with Gasteiger partial charge in [0.15, 0.2) is 0 Å². The maximum Gasteiger partial charge on any atom is 0.0311 e. The fourth-order valence-electron chi connectivity index (χ4n) is 0. The van der Waals surface area contributed by atoms with Gasteiger partial charge in [-0.2, -0.15) is 0 Å². The minimum absolute atomic E-state index is 0. The van der Waals surface area contributed by atoms with Gasteiger partial charge in [-0.1, -0.05) is 0 Å². The lowest BCUT2D eigenvalue weighted by Gasteiger charge is -2.06. The molecular formula is CH11ClN2O4S. The van der Waals surface area contributed by atoms with Crippen LogP contribution in [-0.4, -0.2) is 23.9 Å². The average Bonchev–Trinajstić information content (AvgIpc) is 1.36. The minimum atomic E-state index is -5.17. The van der Waals surface area contributed by atoms with Gasteiger partial charge in [-0.05, 0) is 0 Å². The Hall–Kier alpha value is 0.0800. The van der Waals surface area contributed by atoms with Gasteiger partial charge in [0.05, 0.1) is 0 Å². The molecule has 0 unspecified atom stereocenters. The van der Waals surface area contributed by atoms with Crippen molar-refractivity contribution in [2.45, 2.75) is 0 Å². The lowest BCUT2D eigenvalue weighted by atomic mass is 12.0. The maximum absolute atomic E-state index is 8.52. The molecule has 0 saturated heterocycles. The predicted octanol–water partition coefficient (Wildman–Crippen LogP) is 0.269. The van der Waals surface area contributed by atoms with Crippen molar-refractivity contribution in [3.05, 3.63) is 0 Å². The number of quaternary nitrogens is 2. The second-order valence-corrected chi connectivity index (χ2v) is 1.22. The van der Waals surface area contributed by atoms with Crippen molar-refractivity contribution in [3.63, 3.8) is 0 Å². The molecule has 0 bridgehead atoms.